The van der Waals surface area contributed by atoms with Gasteiger partial charge in [-0.2, -0.15) is 0 Å². The molecule has 150 valence electrons. The number of benzene rings is 2. The molecular formula is C20H18IN3O4S. The van der Waals surface area contributed by atoms with E-state index in [4.69, 9.17) is 15.2 Å². The highest BCUT2D eigenvalue weighted by atomic mass is 127. The number of methoxy groups -OCH3 is 1. The molecule has 1 heterocycles. The maximum Gasteiger partial charge on any atom is 0.264 e. The molecule has 0 aromatic heterocycles. The molecule has 2 amide bonds. The number of carbonyl (C=O) groups is 2. The van der Waals surface area contributed by atoms with Gasteiger partial charge in [0.15, 0.2) is 23.3 Å². The Hall–Kier alpha value is -2.53. The van der Waals surface area contributed by atoms with Crippen LogP contribution in [-0.2, 0) is 9.59 Å². The number of aryl methyl sites for hydroxylation is 1. The first-order valence-corrected chi connectivity index (χ1v) is 10.4. The molecular weight excluding hydrogens is 505 g/mol. The molecule has 7 nitrogen and oxygen atoms in total. The molecule has 0 unspecified atom stereocenters. The number of amides is 2. The van der Waals surface area contributed by atoms with Crippen LogP contribution in [0, 0.1) is 10.5 Å². The topological polar surface area (TPSA) is 103 Å². The van der Waals surface area contributed by atoms with E-state index in [1.807, 2.05) is 37.3 Å². The summed E-state index contributed by atoms with van der Waals surface area (Å²) < 4.78 is 11.5. The maximum atomic E-state index is 12.3. The fraction of sp³-hybridized carbons (Fsp3) is 0.150. The maximum absolute atomic E-state index is 12.3. The summed E-state index contributed by atoms with van der Waals surface area (Å²) in [5, 5.41) is 3.29. The number of ether oxygens (including phenoxy) is 2. The highest BCUT2D eigenvalue weighted by Gasteiger charge is 2.24. The number of nitrogens with zero attached hydrogens (tertiary/aromatic N) is 1. The summed E-state index contributed by atoms with van der Waals surface area (Å²) in [4.78, 5) is 28.3. The van der Waals surface area contributed by atoms with E-state index in [2.05, 4.69) is 32.9 Å². The predicted molar refractivity (Wildman–Crippen MR) is 122 cm³/mol. The van der Waals surface area contributed by atoms with Crippen LogP contribution in [0.3, 0.4) is 0 Å². The first kappa shape index (κ1) is 21.2. The minimum atomic E-state index is -0.575. The average molecular weight is 523 g/mol. The van der Waals surface area contributed by atoms with Crippen molar-refractivity contribution in [3.8, 4) is 11.5 Å². The first-order chi connectivity index (χ1) is 13.9. The fourth-order valence-electron chi connectivity index (χ4n) is 2.47. The lowest BCUT2D eigenvalue weighted by Gasteiger charge is -2.12. The molecule has 29 heavy (non-hydrogen) atoms. The van der Waals surface area contributed by atoms with E-state index >= 15 is 0 Å². The van der Waals surface area contributed by atoms with Gasteiger partial charge >= 0.3 is 0 Å². The number of thioether (sulfide) groups is 1. The van der Waals surface area contributed by atoms with E-state index in [0.717, 1.165) is 20.4 Å². The number of hydrogen-bond donors (Lipinski definition) is 2. The molecule has 1 fully saturated rings. The minimum Gasteiger partial charge on any atom is -0.493 e. The van der Waals surface area contributed by atoms with Crippen LogP contribution in [0.5, 0.6) is 11.5 Å². The van der Waals surface area contributed by atoms with E-state index in [0.29, 0.717) is 21.6 Å². The SMILES string of the molecule is COc1cc(/C=C2\SC(=Nc3ccc(C)cc3)NC2=O)cc(I)c1OCC(N)=O. The quantitative estimate of drug-likeness (QED) is 0.447. The molecule has 3 rings (SSSR count). The van der Waals surface area contributed by atoms with Crippen molar-refractivity contribution < 1.29 is 19.1 Å². The fourth-order valence-corrected chi connectivity index (χ4v) is 4.10. The molecule has 0 spiro atoms. The molecule has 2 aromatic carbocycles. The predicted octanol–water partition coefficient (Wildman–Crippen LogP) is 3.36. The van der Waals surface area contributed by atoms with Crippen molar-refractivity contribution >= 4 is 63.1 Å². The van der Waals surface area contributed by atoms with Crippen molar-refractivity contribution in [2.45, 2.75) is 6.92 Å². The molecule has 1 saturated heterocycles. The van der Waals surface area contributed by atoms with Crippen LogP contribution in [0.4, 0.5) is 5.69 Å². The van der Waals surface area contributed by atoms with Crippen molar-refractivity contribution in [1.82, 2.24) is 5.32 Å². The summed E-state index contributed by atoms with van der Waals surface area (Å²) in [5.41, 5.74) is 7.81. The third kappa shape index (κ3) is 5.51. The Morgan fingerprint density at radius 2 is 2.03 bits per heavy atom. The number of primary amides is 1. The highest BCUT2D eigenvalue weighted by Crippen LogP contribution is 2.36. The number of halogens is 1. The van der Waals surface area contributed by atoms with Gasteiger partial charge in [0.1, 0.15) is 0 Å². The Labute approximate surface area is 185 Å². The van der Waals surface area contributed by atoms with Crippen LogP contribution in [0.25, 0.3) is 6.08 Å². The second kappa shape index (κ2) is 9.31. The van der Waals surface area contributed by atoms with Gasteiger partial charge in [0.2, 0.25) is 0 Å². The number of rotatable bonds is 6. The van der Waals surface area contributed by atoms with Crippen LogP contribution in [0.2, 0.25) is 0 Å². The Kier molecular flexibility index (Phi) is 6.80. The van der Waals surface area contributed by atoms with Gasteiger partial charge in [-0.05, 0) is 77.2 Å². The normalized spacial score (nSPS) is 16.2. The number of carbonyl (C=O) groups excluding carboxylic acids is 2. The van der Waals surface area contributed by atoms with Gasteiger partial charge in [-0.1, -0.05) is 17.7 Å². The van der Waals surface area contributed by atoms with Gasteiger partial charge in [0.05, 0.1) is 21.3 Å². The molecule has 1 aliphatic rings. The second-order valence-electron chi connectivity index (χ2n) is 6.11. The number of nitrogens with two attached hydrogens (primary N) is 1. The summed E-state index contributed by atoms with van der Waals surface area (Å²) in [6, 6.07) is 11.3. The summed E-state index contributed by atoms with van der Waals surface area (Å²) in [6.45, 7) is 1.76. The van der Waals surface area contributed by atoms with Crippen LogP contribution in [-0.4, -0.2) is 30.7 Å². The monoisotopic (exact) mass is 523 g/mol. The standard InChI is InChI=1S/C20H18IN3O4S/c1-11-3-5-13(6-4-11)23-20-24-19(26)16(29-20)9-12-7-14(21)18(15(8-12)27-2)28-10-17(22)25/h3-9H,10H2,1-2H3,(H2,22,25)(H,23,24,26)/b16-9-. The van der Waals surface area contributed by atoms with E-state index in [1.54, 1.807) is 12.1 Å². The lowest BCUT2D eigenvalue weighted by atomic mass is 10.2. The Morgan fingerprint density at radius 1 is 1.31 bits per heavy atom. The molecule has 0 bridgehead atoms. The van der Waals surface area contributed by atoms with Crippen molar-refractivity contribution in [2.24, 2.45) is 10.7 Å². The molecule has 3 N–H and O–H groups in total. The number of aliphatic imine (C=N–C) groups is 1. The van der Waals surface area contributed by atoms with E-state index in [1.165, 1.54) is 18.9 Å². The number of hydrogen-bond acceptors (Lipinski definition) is 6. The third-order valence-corrected chi connectivity index (χ3v) is 5.53. The number of amidine groups is 1. The zero-order chi connectivity index (χ0) is 21.0. The van der Waals surface area contributed by atoms with E-state index in [-0.39, 0.29) is 12.5 Å². The lowest BCUT2D eigenvalue weighted by Crippen LogP contribution is -2.20. The van der Waals surface area contributed by atoms with Gasteiger partial charge in [0, 0.05) is 0 Å². The average Bonchev–Trinajstić information content (AvgIpc) is 3.01. The van der Waals surface area contributed by atoms with Gasteiger partial charge in [-0.3, -0.25) is 9.59 Å². The van der Waals surface area contributed by atoms with Crippen molar-refractivity contribution in [2.75, 3.05) is 13.7 Å². The Bertz CT molecular complexity index is 1020. The van der Waals surface area contributed by atoms with Crippen molar-refractivity contribution in [3.63, 3.8) is 0 Å². The number of nitrogens with one attached hydrogen (secondary N) is 1. The molecule has 0 atom stereocenters. The molecule has 0 aliphatic carbocycles. The van der Waals surface area contributed by atoms with E-state index in [9.17, 15) is 9.59 Å². The third-order valence-electron chi connectivity index (χ3n) is 3.82. The van der Waals surface area contributed by atoms with E-state index < -0.39 is 5.91 Å². The molecule has 0 radical (unpaired) electrons. The zero-order valence-corrected chi connectivity index (χ0v) is 18.7. The van der Waals surface area contributed by atoms with Gasteiger partial charge in [-0.25, -0.2) is 4.99 Å². The highest BCUT2D eigenvalue weighted by molar-refractivity contribution is 14.1. The van der Waals surface area contributed by atoms with Crippen LogP contribution in [0.1, 0.15) is 11.1 Å². The van der Waals surface area contributed by atoms with Crippen LogP contribution in [0.15, 0.2) is 46.3 Å². The van der Waals surface area contributed by atoms with Gasteiger partial charge < -0.3 is 20.5 Å². The minimum absolute atomic E-state index is 0.219. The van der Waals surface area contributed by atoms with Crippen molar-refractivity contribution in [1.29, 1.82) is 0 Å². The largest absolute Gasteiger partial charge is 0.493 e. The summed E-state index contributed by atoms with van der Waals surface area (Å²) in [7, 11) is 1.50. The smallest absolute Gasteiger partial charge is 0.264 e. The van der Waals surface area contributed by atoms with Gasteiger partial charge in [0.25, 0.3) is 11.8 Å². The zero-order valence-electron chi connectivity index (χ0n) is 15.7. The lowest BCUT2D eigenvalue weighted by molar-refractivity contribution is -0.120. The summed E-state index contributed by atoms with van der Waals surface area (Å²) >= 11 is 3.34. The molecule has 1 aliphatic heterocycles. The Balaban J connectivity index is 1.84. The molecule has 2 aromatic rings. The second-order valence-corrected chi connectivity index (χ2v) is 8.30. The van der Waals surface area contributed by atoms with Gasteiger partial charge in [-0.15, -0.1) is 0 Å². The van der Waals surface area contributed by atoms with Crippen LogP contribution >= 0.6 is 34.4 Å². The summed E-state index contributed by atoms with van der Waals surface area (Å²) in [6.07, 6.45) is 1.75. The molecule has 0 saturated carbocycles. The Morgan fingerprint density at radius 3 is 2.69 bits per heavy atom. The summed E-state index contributed by atoms with van der Waals surface area (Å²) in [5.74, 6) is 0.0820. The van der Waals surface area contributed by atoms with Crippen LogP contribution < -0.4 is 20.5 Å². The first-order valence-electron chi connectivity index (χ1n) is 8.50. The molecule has 9 heteroatoms. The van der Waals surface area contributed by atoms with Crippen molar-refractivity contribution in [3.05, 3.63) is 56.0 Å².